The molecule has 1 saturated heterocycles. The highest BCUT2D eigenvalue weighted by Crippen LogP contribution is 2.69. The van der Waals surface area contributed by atoms with Crippen LogP contribution >= 0.6 is 23.1 Å². The second-order valence-electron chi connectivity index (χ2n) is 13.1. The number of hydrogen-bond donors (Lipinski definition) is 2. The van der Waals surface area contributed by atoms with Gasteiger partial charge in [-0.15, -0.1) is 11.8 Å². The Balaban J connectivity index is 1.03. The van der Waals surface area contributed by atoms with Gasteiger partial charge < -0.3 is 15.0 Å². The molecule has 2 N–H and O–H groups in total. The van der Waals surface area contributed by atoms with E-state index in [-0.39, 0.29) is 63.8 Å². The highest BCUT2D eigenvalue weighted by molar-refractivity contribution is 8.00. The average Bonchev–Trinajstić information content (AvgIpc) is 3.86. The lowest BCUT2D eigenvalue weighted by Crippen LogP contribution is -2.42. The normalized spacial score (nSPS) is 26.1. The number of nitrogens with one attached hydrogen (secondary N) is 2. The number of H-pyrrole nitrogens is 1. The summed E-state index contributed by atoms with van der Waals surface area (Å²) in [6.07, 6.45) is 0.704. The molecule has 13 heteroatoms. The summed E-state index contributed by atoms with van der Waals surface area (Å²) in [5, 5.41) is 16.9. The first-order chi connectivity index (χ1) is 24.3. The third-order valence-electron chi connectivity index (χ3n) is 10.7. The van der Waals surface area contributed by atoms with E-state index in [0.717, 1.165) is 37.6 Å². The molecule has 3 heterocycles. The molecule has 1 aromatic heterocycles. The number of carbonyl (C=O) groups is 3. The maximum Gasteiger partial charge on any atom is 0.305 e. The summed E-state index contributed by atoms with van der Waals surface area (Å²) in [4.78, 5) is 69.6. The molecule has 0 radical (unpaired) electrons. The third-order valence-corrected chi connectivity index (χ3v) is 13.3. The number of imide groups is 1. The fraction of sp³-hybridized carbons (Fsp3) is 0.243. The molecular weight excluding hydrogens is 677 g/mol. The molecule has 2 aliphatic heterocycles. The van der Waals surface area contributed by atoms with E-state index in [2.05, 4.69) is 10.3 Å². The number of benzene rings is 4. The van der Waals surface area contributed by atoms with Crippen LogP contribution in [0, 0.1) is 39.7 Å². The Morgan fingerprint density at radius 3 is 2.44 bits per heavy atom. The molecule has 5 aromatic rings. The molecule has 2 aliphatic carbocycles. The number of nitrogens with zero attached hydrogens (tertiary/aromatic N) is 2. The molecule has 3 fully saturated rings. The van der Waals surface area contributed by atoms with E-state index < -0.39 is 16.8 Å². The molecule has 2 saturated carbocycles. The van der Waals surface area contributed by atoms with E-state index in [0.29, 0.717) is 23.5 Å². The number of thioether (sulfide) groups is 1. The van der Waals surface area contributed by atoms with Crippen LogP contribution in [0.5, 0.6) is 5.75 Å². The quantitative estimate of drug-likeness (QED) is 0.116. The highest BCUT2D eigenvalue weighted by atomic mass is 32.2. The Hall–Kier alpha value is -5.27. The van der Waals surface area contributed by atoms with Gasteiger partial charge in [0.2, 0.25) is 11.8 Å². The summed E-state index contributed by atoms with van der Waals surface area (Å²) in [6, 6.07) is 26.6. The number of anilines is 2. The second-order valence-corrected chi connectivity index (χ2v) is 15.4. The number of nitro groups is 1. The number of aromatic amines is 1. The van der Waals surface area contributed by atoms with Crippen molar-refractivity contribution in [3.63, 3.8) is 0 Å². The second kappa shape index (κ2) is 11.7. The maximum absolute atomic E-state index is 14.1. The number of thiazole rings is 1. The third kappa shape index (κ3) is 4.71. The number of nitro benzene ring substituents is 1. The van der Waals surface area contributed by atoms with Gasteiger partial charge in [-0.3, -0.25) is 34.2 Å². The van der Waals surface area contributed by atoms with Gasteiger partial charge in [0.05, 0.1) is 27.5 Å². The van der Waals surface area contributed by atoms with Crippen molar-refractivity contribution >= 4 is 68.7 Å². The molecule has 11 nitrogen and oxygen atoms in total. The summed E-state index contributed by atoms with van der Waals surface area (Å²) >= 11 is 2.73. The highest BCUT2D eigenvalue weighted by Gasteiger charge is 2.69. The van der Waals surface area contributed by atoms with Crippen LogP contribution in [0.4, 0.5) is 17.1 Å². The summed E-state index contributed by atoms with van der Waals surface area (Å²) < 4.78 is 6.23. The summed E-state index contributed by atoms with van der Waals surface area (Å²) in [5.74, 6) is -2.02. The average molecular weight is 705 g/mol. The van der Waals surface area contributed by atoms with Gasteiger partial charge in [-0.1, -0.05) is 65.9 Å². The Labute approximate surface area is 292 Å². The molecule has 9 rings (SSSR count). The maximum atomic E-state index is 14.1. The molecule has 4 unspecified atom stereocenters. The van der Waals surface area contributed by atoms with Gasteiger partial charge >= 0.3 is 4.87 Å². The number of para-hydroxylation sites is 1. The van der Waals surface area contributed by atoms with E-state index in [1.807, 2.05) is 66.7 Å². The molecule has 4 aromatic carbocycles. The van der Waals surface area contributed by atoms with E-state index in [9.17, 15) is 29.3 Å². The lowest BCUT2D eigenvalue weighted by molar-refractivity contribution is -0.384. The van der Waals surface area contributed by atoms with Crippen molar-refractivity contribution in [1.29, 1.82) is 0 Å². The van der Waals surface area contributed by atoms with Gasteiger partial charge in [0.25, 0.3) is 11.6 Å². The molecular formula is C37H28N4O7S2. The standard InChI is InChI=1S/C37H28N4O7S2/c42-27(38-25-10-5-7-18-6-1-2-8-21(18)25)17-48-26-11-4-3-9-22(26)28-29-23-16-24(32(29)49-34-33(28)50-37(45)39-34)31-30(23)35(43)40(36(31)44)19-12-14-20(15-13-19)41(46)47/h1-15,23-24,28-32H,16-17H2,(H,38,42)(H,39,45)/t23-,24-,28-,29?,30?,31?,32?/m1/s1. The summed E-state index contributed by atoms with van der Waals surface area (Å²) in [5.41, 5.74) is 1.72. The molecule has 4 aliphatic rings. The predicted molar refractivity (Wildman–Crippen MR) is 189 cm³/mol. The van der Waals surface area contributed by atoms with E-state index >= 15 is 0 Å². The van der Waals surface area contributed by atoms with Crippen LogP contribution in [0.2, 0.25) is 0 Å². The van der Waals surface area contributed by atoms with Crippen molar-refractivity contribution in [2.75, 3.05) is 16.8 Å². The Kier molecular flexibility index (Phi) is 7.18. The summed E-state index contributed by atoms with van der Waals surface area (Å²) in [6.45, 7) is -0.236. The van der Waals surface area contributed by atoms with Gasteiger partial charge in [0, 0.05) is 44.8 Å². The number of rotatable bonds is 7. The van der Waals surface area contributed by atoms with Crippen LogP contribution in [0.3, 0.4) is 0 Å². The zero-order valence-electron chi connectivity index (χ0n) is 26.2. The Morgan fingerprint density at radius 1 is 0.920 bits per heavy atom. The fourth-order valence-electron chi connectivity index (χ4n) is 8.88. The van der Waals surface area contributed by atoms with Crippen molar-refractivity contribution in [2.45, 2.75) is 22.6 Å². The van der Waals surface area contributed by atoms with Crippen LogP contribution in [-0.4, -0.2) is 39.5 Å². The Bertz CT molecular complexity index is 2300. The monoisotopic (exact) mass is 704 g/mol. The van der Waals surface area contributed by atoms with E-state index in [1.165, 1.54) is 29.2 Å². The molecule has 50 heavy (non-hydrogen) atoms. The number of amides is 3. The van der Waals surface area contributed by atoms with Crippen molar-refractivity contribution in [1.82, 2.24) is 4.98 Å². The van der Waals surface area contributed by atoms with Crippen LogP contribution in [0.1, 0.15) is 22.8 Å². The first kappa shape index (κ1) is 30.8. The van der Waals surface area contributed by atoms with Gasteiger partial charge in [0.1, 0.15) is 5.75 Å². The van der Waals surface area contributed by atoms with Crippen molar-refractivity contribution in [3.05, 3.63) is 121 Å². The van der Waals surface area contributed by atoms with Crippen LogP contribution in [-0.2, 0) is 14.4 Å². The van der Waals surface area contributed by atoms with Crippen molar-refractivity contribution < 1.29 is 24.0 Å². The minimum atomic E-state index is -0.538. The number of aromatic nitrogens is 1. The minimum Gasteiger partial charge on any atom is -0.483 e. The topological polar surface area (TPSA) is 152 Å². The van der Waals surface area contributed by atoms with E-state index in [4.69, 9.17) is 4.74 Å². The zero-order chi connectivity index (χ0) is 34.3. The molecule has 250 valence electrons. The smallest absolute Gasteiger partial charge is 0.305 e. The molecule has 3 amide bonds. The molecule has 2 bridgehead atoms. The zero-order valence-corrected chi connectivity index (χ0v) is 27.8. The largest absolute Gasteiger partial charge is 0.483 e. The van der Waals surface area contributed by atoms with Crippen molar-refractivity contribution in [3.8, 4) is 5.75 Å². The minimum absolute atomic E-state index is 0.0414. The number of carbonyl (C=O) groups excluding carboxylic acids is 3. The van der Waals surface area contributed by atoms with Crippen LogP contribution < -0.4 is 19.8 Å². The van der Waals surface area contributed by atoms with Gasteiger partial charge in [-0.25, -0.2) is 0 Å². The lowest BCUT2D eigenvalue weighted by Gasteiger charge is -2.43. The van der Waals surface area contributed by atoms with Gasteiger partial charge in [0.15, 0.2) is 6.61 Å². The number of hydrogen-bond acceptors (Lipinski definition) is 9. The fourth-order valence-corrected chi connectivity index (χ4v) is 11.8. The van der Waals surface area contributed by atoms with Gasteiger partial charge in [-0.05, 0) is 53.8 Å². The predicted octanol–water partition coefficient (Wildman–Crippen LogP) is 6.19. The van der Waals surface area contributed by atoms with Crippen LogP contribution in [0.25, 0.3) is 10.8 Å². The first-order valence-electron chi connectivity index (χ1n) is 16.3. The number of non-ortho nitro benzene ring substituents is 1. The van der Waals surface area contributed by atoms with Crippen LogP contribution in [0.15, 0.2) is 101 Å². The van der Waals surface area contributed by atoms with Gasteiger partial charge in [-0.2, -0.15) is 0 Å². The number of fused-ring (bicyclic) bond motifs is 10. The SMILES string of the molecule is O=C(COc1ccccc1[C@H]1c2sc(=O)[nH]c2SC2C1[C@H]1C[C@@H]2C2C(=O)N(c3ccc([N+](=O)[O-])cc3)C(=O)C21)Nc1cccc2ccccc12. The van der Waals surface area contributed by atoms with E-state index in [1.54, 1.807) is 11.8 Å². The summed E-state index contributed by atoms with van der Waals surface area (Å²) in [7, 11) is 0. The Morgan fingerprint density at radius 2 is 1.64 bits per heavy atom. The molecule has 7 atom stereocenters. The van der Waals surface area contributed by atoms with Crippen molar-refractivity contribution in [2.24, 2.45) is 29.6 Å². The first-order valence-corrected chi connectivity index (χ1v) is 18.0. The number of ether oxygens (including phenoxy) is 1. The molecule has 0 spiro atoms. The lowest BCUT2D eigenvalue weighted by atomic mass is 9.68.